The zero-order valence-electron chi connectivity index (χ0n) is 20.5. The third-order valence-electron chi connectivity index (χ3n) is 6.55. The zero-order chi connectivity index (χ0) is 27.4. The number of halogens is 2. The number of aliphatic carboxylic acids is 1. The fraction of sp³-hybridized carbons (Fsp3) is 0.286. The quantitative estimate of drug-likeness (QED) is 0.349. The first-order valence-corrected chi connectivity index (χ1v) is 14.5. The van der Waals surface area contributed by atoms with Crippen LogP contribution in [0.5, 0.6) is 0 Å². The first-order valence-electron chi connectivity index (χ1n) is 12.1. The first-order chi connectivity index (χ1) is 18.1. The largest absolute Gasteiger partial charge is 0.481 e. The van der Waals surface area contributed by atoms with E-state index in [1.807, 2.05) is 0 Å². The Morgan fingerprint density at radius 3 is 2.26 bits per heavy atom. The van der Waals surface area contributed by atoms with Gasteiger partial charge in [-0.1, -0.05) is 72.6 Å². The second-order valence-electron chi connectivity index (χ2n) is 9.10. The number of ether oxygens (including phenoxy) is 1. The van der Waals surface area contributed by atoms with Crippen molar-refractivity contribution in [1.29, 1.82) is 0 Å². The molecule has 1 saturated heterocycles. The molecule has 10 heteroatoms. The van der Waals surface area contributed by atoms with Crippen LogP contribution in [0.25, 0.3) is 0 Å². The van der Waals surface area contributed by atoms with Gasteiger partial charge in [0.25, 0.3) is 5.91 Å². The van der Waals surface area contributed by atoms with Gasteiger partial charge in [-0.05, 0) is 53.9 Å². The van der Waals surface area contributed by atoms with E-state index in [1.54, 1.807) is 73.7 Å². The van der Waals surface area contributed by atoms with E-state index in [9.17, 15) is 23.1 Å². The van der Waals surface area contributed by atoms with Crippen molar-refractivity contribution in [2.24, 2.45) is 0 Å². The fourth-order valence-corrected chi connectivity index (χ4v) is 6.76. The van der Waals surface area contributed by atoms with E-state index < -0.39 is 52.4 Å². The third-order valence-corrected chi connectivity index (χ3v) is 8.86. The van der Waals surface area contributed by atoms with E-state index >= 15 is 0 Å². The van der Waals surface area contributed by atoms with Gasteiger partial charge in [-0.2, -0.15) is 0 Å². The number of hydrogen-bond donors (Lipinski definition) is 1. The van der Waals surface area contributed by atoms with E-state index in [0.717, 1.165) is 0 Å². The molecule has 4 rings (SSSR count). The summed E-state index contributed by atoms with van der Waals surface area (Å²) in [6, 6.07) is 20.3. The molecule has 3 aromatic rings. The van der Waals surface area contributed by atoms with Crippen molar-refractivity contribution >= 4 is 44.9 Å². The Bertz CT molecular complexity index is 1400. The van der Waals surface area contributed by atoms with E-state index in [4.69, 9.17) is 27.9 Å². The highest BCUT2D eigenvalue weighted by atomic mass is 35.5. The maximum atomic E-state index is 13.9. The van der Waals surface area contributed by atoms with Gasteiger partial charge in [0.15, 0.2) is 9.84 Å². The molecule has 4 unspecified atom stereocenters. The molecule has 0 aromatic heterocycles. The maximum Gasteiger partial charge on any atom is 0.306 e. The molecule has 200 valence electrons. The Hall–Kier alpha value is -2.91. The number of carbonyl (C=O) groups excluding carboxylic acids is 1. The second kappa shape index (κ2) is 11.9. The summed E-state index contributed by atoms with van der Waals surface area (Å²) in [5, 5.41) is 10.5. The molecule has 0 bridgehead atoms. The van der Waals surface area contributed by atoms with Gasteiger partial charge in [0, 0.05) is 16.1 Å². The Morgan fingerprint density at radius 1 is 0.974 bits per heavy atom. The van der Waals surface area contributed by atoms with E-state index in [1.165, 1.54) is 17.0 Å². The topological polar surface area (TPSA) is 101 Å². The number of morpholine rings is 1. The number of carboxylic acid groups (broad SMARTS) is 1. The lowest BCUT2D eigenvalue weighted by molar-refractivity contribution is -0.182. The number of rotatable bonds is 9. The molecular formula is C28H27Cl2NO6S. The summed E-state index contributed by atoms with van der Waals surface area (Å²) in [5.41, 5.74) is 1.29. The number of carboxylic acids is 1. The number of sulfone groups is 1. The predicted octanol–water partition coefficient (Wildman–Crippen LogP) is 5.73. The molecule has 1 N–H and O–H groups in total. The molecule has 4 atom stereocenters. The number of carbonyl (C=O) groups is 2. The lowest BCUT2D eigenvalue weighted by Gasteiger charge is -2.48. The maximum absolute atomic E-state index is 13.9. The summed E-state index contributed by atoms with van der Waals surface area (Å²) in [5.74, 6) is -2.13. The fourth-order valence-electron chi connectivity index (χ4n) is 4.77. The Labute approximate surface area is 231 Å². The number of hydrogen-bond acceptors (Lipinski definition) is 5. The Kier molecular flexibility index (Phi) is 8.78. The molecule has 1 heterocycles. The third kappa shape index (κ3) is 6.21. The number of nitrogens with zero attached hydrogens (tertiary/aromatic N) is 1. The molecule has 7 nitrogen and oxygen atoms in total. The first kappa shape index (κ1) is 28.1. The van der Waals surface area contributed by atoms with Crippen molar-refractivity contribution in [2.75, 3.05) is 5.75 Å². The number of benzene rings is 3. The monoisotopic (exact) mass is 575 g/mol. The predicted molar refractivity (Wildman–Crippen MR) is 145 cm³/mol. The van der Waals surface area contributed by atoms with Gasteiger partial charge in [-0.3, -0.25) is 9.59 Å². The van der Waals surface area contributed by atoms with Crippen molar-refractivity contribution < 1.29 is 27.9 Å². The highest BCUT2D eigenvalue weighted by Gasteiger charge is 2.47. The van der Waals surface area contributed by atoms with Crippen LogP contribution in [0.1, 0.15) is 43.0 Å². The Morgan fingerprint density at radius 2 is 1.66 bits per heavy atom. The molecule has 0 aliphatic carbocycles. The summed E-state index contributed by atoms with van der Waals surface area (Å²) in [6.45, 7) is 1.80. The van der Waals surface area contributed by atoms with Gasteiger partial charge >= 0.3 is 5.97 Å². The smallest absolute Gasteiger partial charge is 0.306 e. The standard InChI is InChI=1S/C28H27Cl2NO6S/c1-2-22(17-38(35,36)23-9-4-3-5-10-23)31-26(18-11-13-20(29)14-12-18)27(19-7-6-8-21(30)15-19)37-24(28(31)34)16-25(32)33/h3-15,22,24,26-27H,2,16-17H2,1H3,(H,32,33). The minimum atomic E-state index is -3.78. The summed E-state index contributed by atoms with van der Waals surface area (Å²) < 4.78 is 33.0. The van der Waals surface area contributed by atoms with Crippen LogP contribution in [0.4, 0.5) is 0 Å². The Balaban J connectivity index is 1.86. The van der Waals surface area contributed by atoms with Crippen LogP contribution in [0, 0.1) is 0 Å². The minimum Gasteiger partial charge on any atom is -0.481 e. The molecule has 0 saturated carbocycles. The average Bonchev–Trinajstić information content (AvgIpc) is 2.89. The summed E-state index contributed by atoms with van der Waals surface area (Å²) >= 11 is 12.4. The second-order valence-corrected chi connectivity index (χ2v) is 12.0. The SMILES string of the molecule is CCC(CS(=O)(=O)c1ccccc1)N1C(=O)C(CC(=O)O)OC(c2cccc(Cl)c2)C1c1ccc(Cl)cc1. The lowest BCUT2D eigenvalue weighted by atomic mass is 9.89. The van der Waals surface area contributed by atoms with Crippen LogP contribution in [0.3, 0.4) is 0 Å². The van der Waals surface area contributed by atoms with Gasteiger partial charge in [-0.15, -0.1) is 0 Å². The molecule has 0 radical (unpaired) electrons. The normalized spacial score (nSPS) is 20.8. The van der Waals surface area contributed by atoms with Gasteiger partial charge in [0.2, 0.25) is 0 Å². The highest BCUT2D eigenvalue weighted by molar-refractivity contribution is 7.91. The van der Waals surface area contributed by atoms with Crippen molar-refractivity contribution in [2.45, 2.75) is 49.0 Å². The molecule has 3 aromatic carbocycles. The van der Waals surface area contributed by atoms with E-state index in [0.29, 0.717) is 27.6 Å². The molecule has 1 amide bonds. The van der Waals surface area contributed by atoms with Gasteiger partial charge in [0.1, 0.15) is 12.2 Å². The van der Waals surface area contributed by atoms with Crippen LogP contribution >= 0.6 is 23.2 Å². The van der Waals surface area contributed by atoms with Crippen LogP contribution in [-0.2, 0) is 24.2 Å². The average molecular weight is 576 g/mol. The molecular weight excluding hydrogens is 549 g/mol. The van der Waals surface area contributed by atoms with Crippen molar-refractivity contribution in [3.05, 3.63) is 100 Å². The zero-order valence-corrected chi connectivity index (χ0v) is 22.9. The van der Waals surface area contributed by atoms with Crippen LogP contribution in [0.2, 0.25) is 10.0 Å². The van der Waals surface area contributed by atoms with Crippen molar-refractivity contribution in [1.82, 2.24) is 4.90 Å². The van der Waals surface area contributed by atoms with Crippen LogP contribution < -0.4 is 0 Å². The van der Waals surface area contributed by atoms with Gasteiger partial charge in [-0.25, -0.2) is 8.42 Å². The molecule has 0 spiro atoms. The summed E-state index contributed by atoms with van der Waals surface area (Å²) in [7, 11) is -3.78. The van der Waals surface area contributed by atoms with Crippen molar-refractivity contribution in [3.63, 3.8) is 0 Å². The van der Waals surface area contributed by atoms with Gasteiger partial charge in [0.05, 0.1) is 23.1 Å². The molecule has 1 aliphatic heterocycles. The van der Waals surface area contributed by atoms with E-state index in [2.05, 4.69) is 0 Å². The van der Waals surface area contributed by atoms with Crippen molar-refractivity contribution in [3.8, 4) is 0 Å². The van der Waals surface area contributed by atoms with Gasteiger partial charge < -0.3 is 14.7 Å². The molecule has 1 aliphatic rings. The molecule has 1 fully saturated rings. The van der Waals surface area contributed by atoms with Crippen LogP contribution in [0.15, 0.2) is 83.8 Å². The summed E-state index contributed by atoms with van der Waals surface area (Å²) in [4.78, 5) is 27.2. The molecule has 38 heavy (non-hydrogen) atoms. The van der Waals surface area contributed by atoms with E-state index in [-0.39, 0.29) is 10.6 Å². The number of amides is 1. The summed E-state index contributed by atoms with van der Waals surface area (Å²) in [6.07, 6.45) is -2.38. The minimum absolute atomic E-state index is 0.149. The lowest BCUT2D eigenvalue weighted by Crippen LogP contribution is -2.56. The highest BCUT2D eigenvalue weighted by Crippen LogP contribution is 2.45. The van der Waals surface area contributed by atoms with Crippen LogP contribution in [-0.4, -0.2) is 48.2 Å².